The molecular formula is C11H17NO2. The molecule has 2 atom stereocenters. The van der Waals surface area contributed by atoms with E-state index in [2.05, 4.69) is 5.32 Å². The number of rotatable bonds is 3. The molecule has 2 unspecified atom stereocenters. The summed E-state index contributed by atoms with van der Waals surface area (Å²) < 4.78 is 5.20. The third-order valence-corrected chi connectivity index (χ3v) is 3.00. The molecule has 14 heavy (non-hydrogen) atoms. The monoisotopic (exact) mass is 195 g/mol. The molecule has 0 amide bonds. The van der Waals surface area contributed by atoms with Crippen LogP contribution in [0.5, 0.6) is 0 Å². The summed E-state index contributed by atoms with van der Waals surface area (Å²) in [5.74, 6) is 0.963. The Kier molecular flexibility index (Phi) is 2.89. The average molecular weight is 195 g/mol. The molecule has 0 saturated heterocycles. The van der Waals surface area contributed by atoms with Gasteiger partial charge >= 0.3 is 0 Å². The maximum Gasteiger partial charge on any atom is 0.105 e. The van der Waals surface area contributed by atoms with Gasteiger partial charge in [-0.3, -0.25) is 0 Å². The summed E-state index contributed by atoms with van der Waals surface area (Å²) in [6, 6.07) is 2.24. The Balaban J connectivity index is 1.85. The topological polar surface area (TPSA) is 45.4 Å². The molecule has 3 heteroatoms. The van der Waals surface area contributed by atoms with Gasteiger partial charge < -0.3 is 14.8 Å². The summed E-state index contributed by atoms with van der Waals surface area (Å²) in [7, 11) is 0. The van der Waals surface area contributed by atoms with Gasteiger partial charge in [0.1, 0.15) is 5.76 Å². The predicted molar refractivity (Wildman–Crippen MR) is 53.9 cm³/mol. The lowest BCUT2D eigenvalue weighted by atomic mass is 10.2. The van der Waals surface area contributed by atoms with Gasteiger partial charge in [0.05, 0.1) is 12.4 Å². The molecule has 1 aliphatic rings. The Labute approximate surface area is 84.1 Å². The van der Waals surface area contributed by atoms with E-state index in [9.17, 15) is 5.11 Å². The molecule has 1 saturated carbocycles. The zero-order valence-corrected chi connectivity index (χ0v) is 8.49. The van der Waals surface area contributed by atoms with Crippen LogP contribution >= 0.6 is 0 Å². The highest BCUT2D eigenvalue weighted by molar-refractivity contribution is 5.15. The first-order chi connectivity index (χ1) is 6.77. The molecule has 3 nitrogen and oxygen atoms in total. The zero-order valence-electron chi connectivity index (χ0n) is 8.49. The molecule has 0 spiro atoms. The lowest BCUT2D eigenvalue weighted by Gasteiger charge is -2.15. The van der Waals surface area contributed by atoms with E-state index in [1.807, 2.05) is 13.0 Å². The number of hydrogen-bond acceptors (Lipinski definition) is 3. The second-order valence-corrected chi connectivity index (χ2v) is 3.99. The standard InChI is InChI=1S/C11H17NO2/c1-8-9(5-6-14-8)7-12-10-3-2-4-11(10)13/h5-6,10-13H,2-4,7H2,1H3. The molecule has 0 bridgehead atoms. The largest absolute Gasteiger partial charge is 0.469 e. The van der Waals surface area contributed by atoms with Crippen molar-refractivity contribution in [3.8, 4) is 0 Å². The Morgan fingerprint density at radius 1 is 1.57 bits per heavy atom. The molecule has 0 radical (unpaired) electrons. The van der Waals surface area contributed by atoms with Crippen molar-refractivity contribution in [1.82, 2.24) is 5.32 Å². The van der Waals surface area contributed by atoms with Gasteiger partial charge in [-0.15, -0.1) is 0 Å². The van der Waals surface area contributed by atoms with E-state index < -0.39 is 0 Å². The number of aliphatic hydroxyl groups is 1. The van der Waals surface area contributed by atoms with Crippen LogP contribution < -0.4 is 5.32 Å². The van der Waals surface area contributed by atoms with Crippen LogP contribution in [0.3, 0.4) is 0 Å². The first kappa shape index (κ1) is 9.74. The molecule has 1 aromatic heterocycles. The Bertz CT molecular complexity index is 295. The van der Waals surface area contributed by atoms with E-state index in [0.717, 1.165) is 31.6 Å². The highest BCUT2D eigenvalue weighted by Crippen LogP contribution is 2.19. The lowest BCUT2D eigenvalue weighted by molar-refractivity contribution is 0.148. The van der Waals surface area contributed by atoms with Crippen molar-refractivity contribution in [3.05, 3.63) is 23.7 Å². The number of nitrogens with one attached hydrogen (secondary N) is 1. The fraction of sp³-hybridized carbons (Fsp3) is 0.636. The van der Waals surface area contributed by atoms with Gasteiger partial charge in [0.15, 0.2) is 0 Å². The average Bonchev–Trinajstić information content (AvgIpc) is 2.72. The van der Waals surface area contributed by atoms with Crippen LogP contribution in [0.25, 0.3) is 0 Å². The summed E-state index contributed by atoms with van der Waals surface area (Å²) in [5.41, 5.74) is 1.18. The number of hydrogen-bond donors (Lipinski definition) is 2. The van der Waals surface area contributed by atoms with Crippen molar-refractivity contribution < 1.29 is 9.52 Å². The highest BCUT2D eigenvalue weighted by atomic mass is 16.3. The molecule has 2 N–H and O–H groups in total. The minimum atomic E-state index is -0.165. The first-order valence-corrected chi connectivity index (χ1v) is 5.22. The number of aliphatic hydroxyl groups excluding tert-OH is 1. The van der Waals surface area contributed by atoms with Gasteiger partial charge in [0.2, 0.25) is 0 Å². The fourth-order valence-corrected chi connectivity index (χ4v) is 2.01. The second kappa shape index (κ2) is 4.15. The van der Waals surface area contributed by atoms with Gasteiger partial charge in [0, 0.05) is 18.2 Å². The molecule has 2 rings (SSSR count). The van der Waals surface area contributed by atoms with Crippen LogP contribution in [-0.4, -0.2) is 17.3 Å². The maximum absolute atomic E-state index is 9.60. The van der Waals surface area contributed by atoms with E-state index in [1.165, 1.54) is 5.56 Å². The molecular weight excluding hydrogens is 178 g/mol. The van der Waals surface area contributed by atoms with E-state index >= 15 is 0 Å². The van der Waals surface area contributed by atoms with Crippen molar-refractivity contribution in [2.24, 2.45) is 0 Å². The normalized spacial score (nSPS) is 27.0. The first-order valence-electron chi connectivity index (χ1n) is 5.22. The van der Waals surface area contributed by atoms with Gasteiger partial charge in [-0.2, -0.15) is 0 Å². The fourth-order valence-electron chi connectivity index (χ4n) is 2.01. The van der Waals surface area contributed by atoms with Crippen molar-refractivity contribution in [2.45, 2.75) is 44.9 Å². The highest BCUT2D eigenvalue weighted by Gasteiger charge is 2.24. The minimum Gasteiger partial charge on any atom is -0.469 e. The van der Waals surface area contributed by atoms with Crippen LogP contribution in [0.15, 0.2) is 16.7 Å². The maximum atomic E-state index is 9.60. The summed E-state index contributed by atoms with van der Waals surface area (Å²) in [6.45, 7) is 2.76. The molecule has 0 aromatic carbocycles. The second-order valence-electron chi connectivity index (χ2n) is 3.99. The summed E-state index contributed by atoms with van der Waals surface area (Å²) in [5, 5.41) is 13.0. The summed E-state index contributed by atoms with van der Waals surface area (Å²) >= 11 is 0. The van der Waals surface area contributed by atoms with Crippen LogP contribution in [0.4, 0.5) is 0 Å². The van der Waals surface area contributed by atoms with Crippen LogP contribution in [-0.2, 0) is 6.54 Å². The lowest BCUT2D eigenvalue weighted by Crippen LogP contribution is -2.35. The van der Waals surface area contributed by atoms with Crippen molar-refractivity contribution in [3.63, 3.8) is 0 Å². The predicted octanol–water partition coefficient (Wildman–Crippen LogP) is 1.59. The molecule has 0 aliphatic heterocycles. The molecule has 1 heterocycles. The van der Waals surface area contributed by atoms with E-state index in [0.29, 0.717) is 0 Å². The van der Waals surface area contributed by atoms with Crippen LogP contribution in [0.2, 0.25) is 0 Å². The SMILES string of the molecule is Cc1occc1CNC1CCCC1O. The van der Waals surface area contributed by atoms with Gasteiger partial charge in [-0.1, -0.05) is 0 Å². The quantitative estimate of drug-likeness (QED) is 0.770. The van der Waals surface area contributed by atoms with Crippen molar-refractivity contribution >= 4 is 0 Å². The summed E-state index contributed by atoms with van der Waals surface area (Å²) in [4.78, 5) is 0. The van der Waals surface area contributed by atoms with Gasteiger partial charge in [-0.05, 0) is 32.3 Å². The Hall–Kier alpha value is -0.800. The number of aryl methyl sites for hydroxylation is 1. The zero-order chi connectivity index (χ0) is 9.97. The van der Waals surface area contributed by atoms with E-state index in [-0.39, 0.29) is 12.1 Å². The summed E-state index contributed by atoms with van der Waals surface area (Å²) in [6.07, 6.45) is 4.68. The van der Waals surface area contributed by atoms with E-state index in [4.69, 9.17) is 4.42 Å². The number of furan rings is 1. The third kappa shape index (κ3) is 1.99. The van der Waals surface area contributed by atoms with E-state index in [1.54, 1.807) is 6.26 Å². The minimum absolute atomic E-state index is 0.165. The Morgan fingerprint density at radius 2 is 2.43 bits per heavy atom. The van der Waals surface area contributed by atoms with Gasteiger partial charge in [0.25, 0.3) is 0 Å². The molecule has 78 valence electrons. The van der Waals surface area contributed by atoms with Crippen LogP contribution in [0.1, 0.15) is 30.6 Å². The molecule has 1 fully saturated rings. The van der Waals surface area contributed by atoms with Gasteiger partial charge in [-0.25, -0.2) is 0 Å². The van der Waals surface area contributed by atoms with Crippen LogP contribution in [0, 0.1) is 6.92 Å². The third-order valence-electron chi connectivity index (χ3n) is 3.00. The smallest absolute Gasteiger partial charge is 0.105 e. The van der Waals surface area contributed by atoms with Crippen molar-refractivity contribution in [1.29, 1.82) is 0 Å². The molecule has 1 aliphatic carbocycles. The molecule has 1 aromatic rings. The Morgan fingerprint density at radius 3 is 3.00 bits per heavy atom. The van der Waals surface area contributed by atoms with Crippen molar-refractivity contribution in [2.75, 3.05) is 0 Å².